The van der Waals surface area contributed by atoms with Gasteiger partial charge in [-0.3, -0.25) is 4.79 Å². The van der Waals surface area contributed by atoms with Crippen molar-refractivity contribution in [2.75, 3.05) is 18.7 Å². The number of hydrogen-bond acceptors (Lipinski definition) is 5. The van der Waals surface area contributed by atoms with Gasteiger partial charge in [0.25, 0.3) is 5.91 Å². The van der Waals surface area contributed by atoms with Crippen molar-refractivity contribution in [2.24, 2.45) is 0 Å². The Balaban J connectivity index is 1.47. The fourth-order valence-corrected chi connectivity index (χ4v) is 2.20. The minimum Gasteiger partial charge on any atom is -0.454 e. The molecule has 6 heteroatoms. The summed E-state index contributed by atoms with van der Waals surface area (Å²) in [6, 6.07) is 12.7. The Morgan fingerprint density at radius 3 is 2.68 bits per heavy atom. The molecule has 2 aromatic rings. The molecule has 6 nitrogen and oxygen atoms in total. The van der Waals surface area contributed by atoms with E-state index in [0.29, 0.717) is 17.2 Å². The van der Waals surface area contributed by atoms with E-state index in [1.807, 2.05) is 19.1 Å². The topological polar surface area (TPSA) is 73.9 Å². The lowest BCUT2D eigenvalue weighted by molar-refractivity contribution is -0.142. The number of esters is 1. The first kappa shape index (κ1) is 16.6. The molecule has 0 spiro atoms. The molecule has 0 atom stereocenters. The van der Waals surface area contributed by atoms with Crippen LogP contribution in [0.2, 0.25) is 0 Å². The molecular formula is C19H17NO5. The highest BCUT2D eigenvalue weighted by Crippen LogP contribution is 2.32. The highest BCUT2D eigenvalue weighted by molar-refractivity contribution is 5.94. The van der Waals surface area contributed by atoms with Crippen LogP contribution in [-0.4, -0.2) is 25.3 Å². The molecule has 0 unspecified atom stereocenters. The molecule has 0 bridgehead atoms. The van der Waals surface area contributed by atoms with Crippen LogP contribution in [0.5, 0.6) is 11.5 Å². The summed E-state index contributed by atoms with van der Waals surface area (Å²) in [5.41, 5.74) is 2.52. The van der Waals surface area contributed by atoms with Crippen molar-refractivity contribution in [1.82, 2.24) is 0 Å². The molecular weight excluding hydrogens is 322 g/mol. The highest BCUT2D eigenvalue weighted by Gasteiger charge is 2.12. The molecule has 1 aliphatic heterocycles. The van der Waals surface area contributed by atoms with Crippen molar-refractivity contribution in [3.63, 3.8) is 0 Å². The summed E-state index contributed by atoms with van der Waals surface area (Å²) < 4.78 is 15.4. The molecule has 0 fully saturated rings. The first-order chi connectivity index (χ1) is 12.1. The zero-order chi connectivity index (χ0) is 17.6. The van der Waals surface area contributed by atoms with E-state index < -0.39 is 11.9 Å². The van der Waals surface area contributed by atoms with Crippen molar-refractivity contribution in [2.45, 2.75) is 6.92 Å². The fourth-order valence-electron chi connectivity index (χ4n) is 2.20. The maximum absolute atomic E-state index is 11.8. The molecule has 2 aromatic carbocycles. The SMILES string of the molecule is Cc1ccc(NC(=O)COC(=O)C=Cc2ccc3c(c2)OCO3)cc1. The molecule has 1 aliphatic rings. The number of carbonyl (C=O) groups is 2. The second-order valence-corrected chi connectivity index (χ2v) is 5.47. The average molecular weight is 339 g/mol. The Morgan fingerprint density at radius 1 is 1.12 bits per heavy atom. The summed E-state index contributed by atoms with van der Waals surface area (Å²) >= 11 is 0. The lowest BCUT2D eigenvalue weighted by atomic mass is 10.2. The van der Waals surface area contributed by atoms with Gasteiger partial charge in [0.1, 0.15) is 0 Å². The van der Waals surface area contributed by atoms with Crippen LogP contribution in [0, 0.1) is 6.92 Å². The summed E-state index contributed by atoms with van der Waals surface area (Å²) in [4.78, 5) is 23.5. The summed E-state index contributed by atoms with van der Waals surface area (Å²) in [6.07, 6.45) is 2.85. The van der Waals surface area contributed by atoms with Crippen LogP contribution in [0.3, 0.4) is 0 Å². The number of carbonyl (C=O) groups excluding carboxylic acids is 2. The van der Waals surface area contributed by atoms with Gasteiger partial charge >= 0.3 is 5.97 Å². The zero-order valence-corrected chi connectivity index (χ0v) is 13.7. The fraction of sp³-hybridized carbons (Fsp3) is 0.158. The van der Waals surface area contributed by atoms with Crippen LogP contribution >= 0.6 is 0 Å². The summed E-state index contributed by atoms with van der Waals surface area (Å²) in [5.74, 6) is 0.311. The van der Waals surface area contributed by atoms with Crippen LogP contribution in [0.15, 0.2) is 48.5 Å². The molecule has 0 saturated carbocycles. The predicted molar refractivity (Wildman–Crippen MR) is 92.4 cm³/mol. The van der Waals surface area contributed by atoms with Gasteiger partial charge in [-0.05, 0) is 42.8 Å². The lowest BCUT2D eigenvalue weighted by Crippen LogP contribution is -2.20. The van der Waals surface area contributed by atoms with E-state index in [2.05, 4.69) is 5.32 Å². The van der Waals surface area contributed by atoms with Crippen LogP contribution in [0.4, 0.5) is 5.69 Å². The number of hydrogen-bond donors (Lipinski definition) is 1. The second kappa shape index (κ2) is 7.53. The Labute approximate surface area is 145 Å². The number of ether oxygens (including phenoxy) is 3. The van der Waals surface area contributed by atoms with Crippen molar-refractivity contribution in [1.29, 1.82) is 0 Å². The summed E-state index contributed by atoms with van der Waals surface area (Å²) in [7, 11) is 0. The van der Waals surface area contributed by atoms with E-state index in [0.717, 1.165) is 11.1 Å². The Morgan fingerprint density at radius 2 is 1.88 bits per heavy atom. The van der Waals surface area contributed by atoms with Gasteiger partial charge in [0.2, 0.25) is 6.79 Å². The number of rotatable bonds is 5. The Hall–Kier alpha value is -3.28. The van der Waals surface area contributed by atoms with Crippen LogP contribution in [-0.2, 0) is 14.3 Å². The van der Waals surface area contributed by atoms with Gasteiger partial charge in [-0.1, -0.05) is 23.8 Å². The van der Waals surface area contributed by atoms with E-state index in [4.69, 9.17) is 14.2 Å². The molecule has 3 rings (SSSR count). The lowest BCUT2D eigenvalue weighted by Gasteiger charge is -2.05. The number of fused-ring (bicyclic) bond motifs is 1. The van der Waals surface area contributed by atoms with Gasteiger partial charge in [-0.25, -0.2) is 4.79 Å². The summed E-state index contributed by atoms with van der Waals surface area (Å²) in [5, 5.41) is 2.66. The third-order valence-electron chi connectivity index (χ3n) is 3.49. The van der Waals surface area contributed by atoms with Crippen molar-refractivity contribution < 1.29 is 23.8 Å². The number of aryl methyl sites for hydroxylation is 1. The smallest absolute Gasteiger partial charge is 0.331 e. The first-order valence-corrected chi connectivity index (χ1v) is 7.71. The normalized spacial score (nSPS) is 12.2. The van der Waals surface area contributed by atoms with Crippen LogP contribution < -0.4 is 14.8 Å². The molecule has 0 aromatic heterocycles. The van der Waals surface area contributed by atoms with E-state index in [1.165, 1.54) is 6.08 Å². The molecule has 1 N–H and O–H groups in total. The van der Waals surface area contributed by atoms with E-state index in [1.54, 1.807) is 36.4 Å². The van der Waals surface area contributed by atoms with E-state index >= 15 is 0 Å². The molecule has 1 amide bonds. The quantitative estimate of drug-likeness (QED) is 0.670. The van der Waals surface area contributed by atoms with Crippen molar-refractivity contribution in [3.05, 3.63) is 59.7 Å². The minimum atomic E-state index is -0.600. The van der Waals surface area contributed by atoms with E-state index in [-0.39, 0.29) is 13.4 Å². The Bertz CT molecular complexity index is 811. The standard InChI is InChI=1S/C19H17NO5/c1-13-2-6-15(7-3-13)20-18(21)11-23-19(22)9-5-14-4-8-16-17(10-14)25-12-24-16/h2-10H,11-12H2,1H3,(H,20,21). The van der Waals surface area contributed by atoms with Gasteiger partial charge in [0, 0.05) is 11.8 Å². The maximum atomic E-state index is 11.8. The van der Waals surface area contributed by atoms with Gasteiger partial charge in [0.05, 0.1) is 0 Å². The van der Waals surface area contributed by atoms with Gasteiger partial charge in [0.15, 0.2) is 18.1 Å². The maximum Gasteiger partial charge on any atom is 0.331 e. The molecule has 0 radical (unpaired) electrons. The molecule has 128 valence electrons. The van der Waals surface area contributed by atoms with Crippen LogP contribution in [0.25, 0.3) is 6.08 Å². The van der Waals surface area contributed by atoms with Gasteiger partial charge in [-0.2, -0.15) is 0 Å². The van der Waals surface area contributed by atoms with E-state index in [9.17, 15) is 9.59 Å². The average Bonchev–Trinajstić information content (AvgIpc) is 3.08. The third kappa shape index (κ3) is 4.60. The monoisotopic (exact) mass is 339 g/mol. The Kier molecular flexibility index (Phi) is 4.99. The molecule has 0 saturated heterocycles. The van der Waals surface area contributed by atoms with Crippen molar-refractivity contribution >= 4 is 23.6 Å². The number of anilines is 1. The second-order valence-electron chi connectivity index (χ2n) is 5.47. The number of benzene rings is 2. The highest BCUT2D eigenvalue weighted by atomic mass is 16.7. The third-order valence-corrected chi connectivity index (χ3v) is 3.49. The zero-order valence-electron chi connectivity index (χ0n) is 13.7. The number of amides is 1. The molecule has 25 heavy (non-hydrogen) atoms. The first-order valence-electron chi connectivity index (χ1n) is 7.71. The predicted octanol–water partition coefficient (Wildman–Crippen LogP) is 2.92. The van der Waals surface area contributed by atoms with Gasteiger partial charge in [-0.15, -0.1) is 0 Å². The van der Waals surface area contributed by atoms with Gasteiger partial charge < -0.3 is 19.5 Å². The van der Waals surface area contributed by atoms with Crippen molar-refractivity contribution in [3.8, 4) is 11.5 Å². The summed E-state index contributed by atoms with van der Waals surface area (Å²) in [6.45, 7) is 1.80. The van der Waals surface area contributed by atoms with Crippen LogP contribution in [0.1, 0.15) is 11.1 Å². The molecule has 0 aliphatic carbocycles. The largest absolute Gasteiger partial charge is 0.454 e. The minimum absolute atomic E-state index is 0.195. The molecule has 1 heterocycles. The number of nitrogens with one attached hydrogen (secondary N) is 1.